The summed E-state index contributed by atoms with van der Waals surface area (Å²) in [6.07, 6.45) is -4.53. The average molecular weight is 398 g/mol. The first-order valence-corrected chi connectivity index (χ1v) is 2.28. The van der Waals surface area contributed by atoms with Gasteiger partial charge in [0.15, 0.2) is 12.2 Å². The van der Waals surface area contributed by atoms with E-state index >= 15 is 0 Å². The fraction of sp³-hybridized carbons (Fsp3) is 0.500. The molecule has 0 saturated carbocycles. The van der Waals surface area contributed by atoms with Crippen LogP contribution >= 0.6 is 0 Å². The van der Waals surface area contributed by atoms with Crippen molar-refractivity contribution in [2.45, 2.75) is 12.2 Å². The second-order valence-corrected chi connectivity index (χ2v) is 1.57. The van der Waals surface area contributed by atoms with Gasteiger partial charge >= 0.3 is 116 Å². The van der Waals surface area contributed by atoms with Crippen molar-refractivity contribution in [3.63, 3.8) is 0 Å². The van der Waals surface area contributed by atoms with E-state index in [4.69, 9.17) is 20.4 Å². The van der Waals surface area contributed by atoms with Crippen LogP contribution in [0, 0.1) is 0 Å². The molecule has 16 heavy (non-hydrogen) atoms. The standard InChI is InChI=1S/C4H6O6.4H2O.Rb.Sr.3H/c5-1(3(7)8)2(6)4(9)10;;;;;;;;;/h1-2,5-6H,(H,7,8)(H,9,10);4*1H2;;;;;. The van der Waals surface area contributed by atoms with Crippen LogP contribution in [0.3, 0.4) is 0 Å². The van der Waals surface area contributed by atoms with E-state index in [1.807, 2.05) is 0 Å². The van der Waals surface area contributed by atoms with Gasteiger partial charge in [0, 0.05) is 0 Å². The van der Waals surface area contributed by atoms with E-state index in [-0.39, 0.29) is 126 Å². The summed E-state index contributed by atoms with van der Waals surface area (Å²) in [5, 5.41) is 32.5. The number of aliphatic hydroxyl groups excluding tert-OH is 2. The Hall–Kier alpha value is 1.99. The molecular weight excluding hydrogens is 381 g/mol. The molecule has 10 nitrogen and oxygen atoms in total. The SMILES string of the molecule is O.O.O.O.O=C(O)C(O)C(O)C(=O)O.[RbH].[SrH2]. The van der Waals surface area contributed by atoms with E-state index in [9.17, 15) is 9.59 Å². The zero-order valence-electron chi connectivity index (χ0n) is 6.76. The van der Waals surface area contributed by atoms with Crippen LogP contribution in [0.5, 0.6) is 0 Å². The average Bonchev–Trinajstić information content (AvgIpc) is 1.84. The first-order chi connectivity index (χ1) is 4.46. The van der Waals surface area contributed by atoms with Crippen molar-refractivity contribution in [3.05, 3.63) is 0 Å². The van der Waals surface area contributed by atoms with Crippen LogP contribution in [-0.4, -0.2) is 170 Å². The number of rotatable bonds is 3. The zero-order valence-corrected chi connectivity index (χ0v) is 6.76. The Morgan fingerprint density at radius 3 is 0.938 bits per heavy atom. The molecular formula is C4H17O10RbSr. The fourth-order valence-electron chi connectivity index (χ4n) is 0.270. The molecule has 0 aromatic carbocycles. The van der Waals surface area contributed by atoms with Crippen molar-refractivity contribution in [2.75, 3.05) is 0 Å². The monoisotopic (exact) mass is 398 g/mol. The van der Waals surface area contributed by atoms with Gasteiger partial charge in [-0.2, -0.15) is 0 Å². The number of aliphatic carboxylic acids is 2. The first kappa shape index (κ1) is 43.0. The van der Waals surface area contributed by atoms with Gasteiger partial charge in [-0.15, -0.1) is 0 Å². The quantitative estimate of drug-likeness (QED) is 0.336. The van der Waals surface area contributed by atoms with E-state index < -0.39 is 24.1 Å². The number of hydrogen-bond acceptors (Lipinski definition) is 4. The predicted molar refractivity (Wildman–Crippen MR) is 57.4 cm³/mol. The summed E-state index contributed by atoms with van der Waals surface area (Å²) in [4.78, 5) is 19.5. The normalized spacial score (nSPS) is 9.88. The Balaban J connectivity index is -0.0000000270. The molecule has 12 N–H and O–H groups in total. The topological polar surface area (TPSA) is 241 Å². The second-order valence-electron chi connectivity index (χ2n) is 1.57. The van der Waals surface area contributed by atoms with Crippen molar-refractivity contribution in [3.8, 4) is 0 Å². The van der Waals surface area contributed by atoms with E-state index in [1.54, 1.807) is 0 Å². The maximum absolute atomic E-state index is 9.77. The number of carbonyl (C=O) groups is 2. The van der Waals surface area contributed by atoms with Crippen molar-refractivity contribution in [2.24, 2.45) is 0 Å². The summed E-state index contributed by atoms with van der Waals surface area (Å²) in [5.74, 6) is -3.54. The van der Waals surface area contributed by atoms with E-state index in [0.717, 1.165) is 0 Å². The van der Waals surface area contributed by atoms with Gasteiger partial charge in [-0.3, -0.25) is 0 Å². The summed E-state index contributed by atoms with van der Waals surface area (Å²) >= 11 is 0. The summed E-state index contributed by atoms with van der Waals surface area (Å²) in [7, 11) is 0. The molecule has 0 radical (unpaired) electrons. The van der Waals surface area contributed by atoms with Gasteiger partial charge in [0.1, 0.15) is 0 Å². The number of carboxylic acid groups (broad SMARTS) is 2. The predicted octanol–water partition coefficient (Wildman–Crippen LogP) is -6.99. The molecule has 0 heterocycles. The molecule has 2 unspecified atom stereocenters. The number of aliphatic hydroxyl groups is 2. The summed E-state index contributed by atoms with van der Waals surface area (Å²) < 4.78 is 0. The summed E-state index contributed by atoms with van der Waals surface area (Å²) in [6, 6.07) is 0. The van der Waals surface area contributed by atoms with Crippen molar-refractivity contribution in [1.29, 1.82) is 0 Å². The van der Waals surface area contributed by atoms with Crippen LogP contribution in [0.15, 0.2) is 0 Å². The molecule has 0 aromatic heterocycles. The van der Waals surface area contributed by atoms with Crippen LogP contribution in [0.4, 0.5) is 0 Å². The van der Waals surface area contributed by atoms with Crippen LogP contribution in [0.2, 0.25) is 0 Å². The Morgan fingerprint density at radius 1 is 0.750 bits per heavy atom. The van der Waals surface area contributed by atoms with Gasteiger partial charge in [0.2, 0.25) is 0 Å². The molecule has 0 rings (SSSR count). The van der Waals surface area contributed by atoms with Gasteiger partial charge in [-0.25, -0.2) is 9.59 Å². The van der Waals surface area contributed by atoms with E-state index in [2.05, 4.69) is 0 Å². The Kier molecular flexibility index (Phi) is 59.6. The molecule has 12 heteroatoms. The number of hydrogen-bond donors (Lipinski definition) is 4. The Morgan fingerprint density at radius 2 is 0.875 bits per heavy atom. The molecule has 2 atom stereocenters. The molecule has 0 aliphatic heterocycles. The second kappa shape index (κ2) is 22.2. The van der Waals surface area contributed by atoms with Crippen molar-refractivity contribution < 1.29 is 51.9 Å². The van der Waals surface area contributed by atoms with Crippen molar-refractivity contribution >= 4 is 116 Å². The Labute approximate surface area is 176 Å². The zero-order chi connectivity index (χ0) is 8.31. The van der Waals surface area contributed by atoms with E-state index in [1.165, 1.54) is 0 Å². The first-order valence-electron chi connectivity index (χ1n) is 2.28. The molecule has 0 aliphatic rings. The minimum atomic E-state index is -2.27. The number of carboxylic acids is 2. The van der Waals surface area contributed by atoms with Gasteiger partial charge in [-0.1, -0.05) is 0 Å². The molecule has 0 spiro atoms. The van der Waals surface area contributed by atoms with Crippen LogP contribution in [0.25, 0.3) is 0 Å². The molecule has 0 bridgehead atoms. The summed E-state index contributed by atoms with van der Waals surface area (Å²) in [6.45, 7) is 0. The molecule has 96 valence electrons. The van der Waals surface area contributed by atoms with Crippen LogP contribution < -0.4 is 0 Å². The third kappa shape index (κ3) is 18.4. The van der Waals surface area contributed by atoms with E-state index in [0.29, 0.717) is 0 Å². The molecule has 0 saturated heterocycles. The Bertz CT molecular complexity index is 147. The van der Waals surface area contributed by atoms with Gasteiger partial charge in [0.05, 0.1) is 0 Å². The maximum atomic E-state index is 9.77. The molecule has 0 amide bonds. The van der Waals surface area contributed by atoms with Gasteiger partial charge < -0.3 is 42.3 Å². The van der Waals surface area contributed by atoms with Crippen molar-refractivity contribution in [1.82, 2.24) is 0 Å². The molecule has 0 fully saturated rings. The van der Waals surface area contributed by atoms with Gasteiger partial charge in [0.25, 0.3) is 0 Å². The molecule has 0 aromatic rings. The third-order valence-electron chi connectivity index (χ3n) is 0.805. The van der Waals surface area contributed by atoms with Crippen LogP contribution in [0.1, 0.15) is 0 Å². The summed E-state index contributed by atoms with van der Waals surface area (Å²) in [5.41, 5.74) is 0. The minimum absolute atomic E-state index is 0. The molecule has 0 aliphatic carbocycles. The fourth-order valence-corrected chi connectivity index (χ4v) is 0.270. The van der Waals surface area contributed by atoms with Crippen LogP contribution in [-0.2, 0) is 9.59 Å². The van der Waals surface area contributed by atoms with Gasteiger partial charge in [-0.05, 0) is 0 Å². The third-order valence-corrected chi connectivity index (χ3v) is 0.805.